The molecule has 4 rings (SSSR count). The lowest BCUT2D eigenvalue weighted by molar-refractivity contribution is -0.120. The number of nitrogens with one attached hydrogen (secondary N) is 2. The van der Waals surface area contributed by atoms with Gasteiger partial charge in [0.05, 0.1) is 28.2 Å². The van der Waals surface area contributed by atoms with E-state index < -0.39 is 15.9 Å². The Hall–Kier alpha value is -2.75. The van der Waals surface area contributed by atoms with Gasteiger partial charge < -0.3 is 15.4 Å². The van der Waals surface area contributed by atoms with Crippen LogP contribution in [-0.4, -0.2) is 56.9 Å². The van der Waals surface area contributed by atoms with E-state index in [1.165, 1.54) is 4.31 Å². The van der Waals surface area contributed by atoms with Crippen molar-refractivity contribution in [3.63, 3.8) is 0 Å². The number of para-hydroxylation sites is 1. The molecule has 8 nitrogen and oxygen atoms in total. The van der Waals surface area contributed by atoms with Gasteiger partial charge >= 0.3 is 0 Å². The van der Waals surface area contributed by atoms with Gasteiger partial charge in [0, 0.05) is 26.2 Å². The highest BCUT2D eigenvalue weighted by Gasteiger charge is 2.33. The maximum absolute atomic E-state index is 13.1. The second-order valence-corrected chi connectivity index (χ2v) is 10.8. The summed E-state index contributed by atoms with van der Waals surface area (Å²) in [6.07, 6.45) is 3.11. The number of anilines is 1. The van der Waals surface area contributed by atoms with Gasteiger partial charge in [-0.3, -0.25) is 9.59 Å². The number of carbonyl (C=O) groups excluding carboxylic acids is 2. The molecule has 2 fully saturated rings. The lowest BCUT2D eigenvalue weighted by Crippen LogP contribution is -2.43. The summed E-state index contributed by atoms with van der Waals surface area (Å²) in [4.78, 5) is 26.0. The standard InChI is InChI=1S/C25H31N3O5S/c1-18-10-12-21(13-11-18)34(31,32)28-14-4-6-19(17-28)24(29)27-23-9-3-2-8-22(23)25(30)26-16-20-7-5-15-33-20/h2-3,8-13,19-20H,4-7,14-17H2,1H3,(H,26,30)(H,27,29)/t19-,20+/m0/s1. The molecule has 0 aromatic heterocycles. The number of nitrogens with zero attached hydrogens (tertiary/aromatic N) is 1. The Balaban J connectivity index is 1.41. The molecule has 2 amide bonds. The van der Waals surface area contributed by atoms with Crippen molar-refractivity contribution in [2.45, 2.75) is 43.6 Å². The zero-order valence-corrected chi connectivity index (χ0v) is 20.1. The summed E-state index contributed by atoms with van der Waals surface area (Å²) in [5.41, 5.74) is 1.76. The maximum Gasteiger partial charge on any atom is 0.253 e. The molecule has 182 valence electrons. The average molecular weight is 486 g/mol. The third-order valence-corrected chi connectivity index (χ3v) is 8.24. The first-order valence-electron chi connectivity index (χ1n) is 11.7. The molecule has 2 heterocycles. The second-order valence-electron chi connectivity index (χ2n) is 8.90. The fourth-order valence-corrected chi connectivity index (χ4v) is 5.89. The summed E-state index contributed by atoms with van der Waals surface area (Å²) in [7, 11) is -3.68. The van der Waals surface area contributed by atoms with Crippen molar-refractivity contribution in [3.8, 4) is 0 Å². The molecule has 0 aliphatic carbocycles. The van der Waals surface area contributed by atoms with Crippen LogP contribution in [0.15, 0.2) is 53.4 Å². The van der Waals surface area contributed by atoms with Crippen molar-refractivity contribution < 1.29 is 22.7 Å². The van der Waals surface area contributed by atoms with E-state index in [9.17, 15) is 18.0 Å². The zero-order valence-electron chi connectivity index (χ0n) is 19.3. The molecular weight excluding hydrogens is 454 g/mol. The van der Waals surface area contributed by atoms with Gasteiger partial charge in [0.2, 0.25) is 15.9 Å². The predicted molar refractivity (Wildman–Crippen MR) is 129 cm³/mol. The Morgan fingerprint density at radius 3 is 2.56 bits per heavy atom. The van der Waals surface area contributed by atoms with Crippen LogP contribution < -0.4 is 10.6 Å². The second kappa shape index (κ2) is 10.7. The largest absolute Gasteiger partial charge is 0.376 e. The van der Waals surface area contributed by atoms with Gasteiger partial charge in [-0.15, -0.1) is 0 Å². The minimum Gasteiger partial charge on any atom is -0.376 e. The average Bonchev–Trinajstić information content (AvgIpc) is 3.37. The van der Waals surface area contributed by atoms with Gasteiger partial charge in [-0.2, -0.15) is 4.31 Å². The van der Waals surface area contributed by atoms with Gasteiger partial charge in [0.25, 0.3) is 5.91 Å². The SMILES string of the molecule is Cc1ccc(S(=O)(=O)N2CCC[C@H](C(=O)Nc3ccccc3C(=O)NC[C@H]3CCCO3)C2)cc1. The molecule has 0 saturated carbocycles. The molecule has 9 heteroatoms. The predicted octanol–water partition coefficient (Wildman–Crippen LogP) is 2.94. The number of hydrogen-bond acceptors (Lipinski definition) is 5. The number of benzene rings is 2. The number of amides is 2. The Labute approximate surface area is 200 Å². The molecule has 0 unspecified atom stereocenters. The van der Waals surface area contributed by atoms with Crippen LogP contribution in [0, 0.1) is 12.8 Å². The summed E-state index contributed by atoms with van der Waals surface area (Å²) < 4.78 is 33.1. The molecule has 0 radical (unpaired) electrons. The first kappa shape index (κ1) is 24.4. The van der Waals surface area contributed by atoms with E-state index in [0.29, 0.717) is 43.8 Å². The highest BCUT2D eigenvalue weighted by molar-refractivity contribution is 7.89. The van der Waals surface area contributed by atoms with Crippen LogP contribution in [0.3, 0.4) is 0 Å². The Morgan fingerprint density at radius 2 is 1.82 bits per heavy atom. The number of ether oxygens (including phenoxy) is 1. The van der Waals surface area contributed by atoms with Crippen molar-refractivity contribution >= 4 is 27.5 Å². The van der Waals surface area contributed by atoms with Crippen molar-refractivity contribution in [1.29, 1.82) is 0 Å². The first-order chi connectivity index (χ1) is 16.3. The number of rotatable bonds is 7. The third kappa shape index (κ3) is 5.65. The third-order valence-electron chi connectivity index (χ3n) is 6.36. The zero-order chi connectivity index (χ0) is 24.1. The quantitative estimate of drug-likeness (QED) is 0.628. The summed E-state index contributed by atoms with van der Waals surface area (Å²) in [6, 6.07) is 13.6. The number of aryl methyl sites for hydroxylation is 1. The maximum atomic E-state index is 13.1. The van der Waals surface area contributed by atoms with E-state index in [2.05, 4.69) is 10.6 Å². The van der Waals surface area contributed by atoms with Crippen molar-refractivity contribution in [1.82, 2.24) is 9.62 Å². The molecular formula is C25H31N3O5S. The Kier molecular flexibility index (Phi) is 7.65. The number of carbonyl (C=O) groups is 2. The number of sulfonamides is 1. The molecule has 2 aromatic rings. The fourth-order valence-electron chi connectivity index (χ4n) is 4.37. The van der Waals surface area contributed by atoms with Crippen LogP contribution in [0.1, 0.15) is 41.6 Å². The van der Waals surface area contributed by atoms with Crippen molar-refractivity contribution in [3.05, 3.63) is 59.7 Å². The summed E-state index contributed by atoms with van der Waals surface area (Å²) >= 11 is 0. The topological polar surface area (TPSA) is 105 Å². The van der Waals surface area contributed by atoms with Gasteiger partial charge in [0.1, 0.15) is 0 Å². The Bertz CT molecular complexity index is 1130. The van der Waals surface area contributed by atoms with E-state index in [4.69, 9.17) is 4.74 Å². The van der Waals surface area contributed by atoms with E-state index in [-0.39, 0.29) is 29.4 Å². The minimum atomic E-state index is -3.68. The van der Waals surface area contributed by atoms with Crippen LogP contribution in [0.2, 0.25) is 0 Å². The van der Waals surface area contributed by atoms with Crippen LogP contribution >= 0.6 is 0 Å². The van der Waals surface area contributed by atoms with Gasteiger partial charge in [-0.25, -0.2) is 8.42 Å². The van der Waals surface area contributed by atoms with Crippen LogP contribution in [0.5, 0.6) is 0 Å². The van der Waals surface area contributed by atoms with E-state index >= 15 is 0 Å². The molecule has 2 aromatic carbocycles. The van der Waals surface area contributed by atoms with Gasteiger partial charge in [-0.05, 0) is 56.9 Å². The monoisotopic (exact) mass is 485 g/mol. The van der Waals surface area contributed by atoms with Crippen molar-refractivity contribution in [2.24, 2.45) is 5.92 Å². The van der Waals surface area contributed by atoms with Crippen LogP contribution in [0.4, 0.5) is 5.69 Å². The fraction of sp³-hybridized carbons (Fsp3) is 0.440. The molecule has 2 atom stereocenters. The van der Waals surface area contributed by atoms with Crippen LogP contribution in [-0.2, 0) is 19.6 Å². The number of piperidine rings is 1. The minimum absolute atomic E-state index is 0.0226. The summed E-state index contributed by atoms with van der Waals surface area (Å²) in [5, 5.41) is 5.74. The lowest BCUT2D eigenvalue weighted by atomic mass is 9.98. The van der Waals surface area contributed by atoms with E-state index in [1.54, 1.807) is 48.5 Å². The molecule has 2 aliphatic rings. The molecule has 0 spiro atoms. The summed E-state index contributed by atoms with van der Waals surface area (Å²) in [5.74, 6) is -1.07. The van der Waals surface area contributed by atoms with E-state index in [0.717, 1.165) is 18.4 Å². The molecule has 34 heavy (non-hydrogen) atoms. The smallest absolute Gasteiger partial charge is 0.253 e. The Morgan fingerprint density at radius 1 is 1.06 bits per heavy atom. The molecule has 0 bridgehead atoms. The highest BCUT2D eigenvalue weighted by atomic mass is 32.2. The summed E-state index contributed by atoms with van der Waals surface area (Å²) in [6.45, 7) is 3.52. The lowest BCUT2D eigenvalue weighted by Gasteiger charge is -2.31. The van der Waals surface area contributed by atoms with Gasteiger partial charge in [-0.1, -0.05) is 29.8 Å². The molecule has 2 aliphatic heterocycles. The first-order valence-corrected chi connectivity index (χ1v) is 13.1. The molecule has 2 N–H and O–H groups in total. The highest BCUT2D eigenvalue weighted by Crippen LogP contribution is 2.26. The van der Waals surface area contributed by atoms with Crippen molar-refractivity contribution in [2.75, 3.05) is 31.6 Å². The normalized spacial score (nSPS) is 21.2. The molecule has 2 saturated heterocycles. The number of hydrogen-bond donors (Lipinski definition) is 2. The van der Waals surface area contributed by atoms with Gasteiger partial charge in [0.15, 0.2) is 0 Å². The van der Waals surface area contributed by atoms with Crippen LogP contribution in [0.25, 0.3) is 0 Å². The van der Waals surface area contributed by atoms with E-state index in [1.807, 2.05) is 6.92 Å².